The molecule has 7 aromatic rings. The first-order valence-corrected chi connectivity index (χ1v) is 24.5. The third kappa shape index (κ3) is 6.30. The predicted molar refractivity (Wildman–Crippen MR) is 285 cm³/mol. The molecule has 0 bridgehead atoms. The fourth-order valence-corrected chi connectivity index (χ4v) is 12.3. The van der Waals surface area contributed by atoms with Gasteiger partial charge in [-0.25, -0.2) is 0 Å². The number of anilines is 8. The van der Waals surface area contributed by atoms with E-state index in [0.717, 1.165) is 6.42 Å². The van der Waals surface area contributed by atoms with Crippen LogP contribution in [0.5, 0.6) is 0 Å². The highest BCUT2D eigenvalue weighted by molar-refractivity contribution is 7.00. The highest BCUT2D eigenvalue weighted by Gasteiger charge is 2.59. The Morgan fingerprint density at radius 1 is 0.470 bits per heavy atom. The lowest BCUT2D eigenvalue weighted by Gasteiger charge is -2.46. The van der Waals surface area contributed by atoms with Crippen molar-refractivity contribution in [3.05, 3.63) is 173 Å². The van der Waals surface area contributed by atoms with E-state index in [-0.39, 0.29) is 33.9 Å². The highest BCUT2D eigenvalue weighted by atomic mass is 15.3. The van der Waals surface area contributed by atoms with E-state index in [4.69, 9.17) is 0 Å². The number of aryl methyl sites for hydroxylation is 1. The summed E-state index contributed by atoms with van der Waals surface area (Å²) in [5, 5.41) is 0. The SMILES string of the molecule is Cc1cc2c3c(c1)N(c1ccc(C(C)(C)C)cc1-c1ccccc1)c1ccccc1B3c1ccc(N3c4ccc(C(C)(C)C)cc4C4(C)CCCC34C)cc1N2c1ccc(C(C)(C)C)cc1. The molecule has 1 saturated carbocycles. The Balaban J connectivity index is 1.17. The summed E-state index contributed by atoms with van der Waals surface area (Å²) in [5.41, 5.74) is 23.5. The van der Waals surface area contributed by atoms with Gasteiger partial charge in [0.2, 0.25) is 0 Å². The maximum absolute atomic E-state index is 2.75. The Morgan fingerprint density at radius 2 is 1.05 bits per heavy atom. The second kappa shape index (κ2) is 14.5. The van der Waals surface area contributed by atoms with Crippen LogP contribution in [-0.4, -0.2) is 12.3 Å². The summed E-state index contributed by atoms with van der Waals surface area (Å²) in [6.07, 6.45) is 3.60. The molecule has 1 aliphatic carbocycles. The van der Waals surface area contributed by atoms with E-state index in [0.29, 0.717) is 0 Å². The van der Waals surface area contributed by atoms with E-state index in [2.05, 4.69) is 243 Å². The largest absolute Gasteiger partial charge is 0.334 e. The minimum atomic E-state index is -0.0491. The Labute approximate surface area is 395 Å². The first-order chi connectivity index (χ1) is 31.3. The van der Waals surface area contributed by atoms with Gasteiger partial charge in [0.05, 0.1) is 11.2 Å². The van der Waals surface area contributed by atoms with Gasteiger partial charge in [-0.05, 0) is 153 Å². The zero-order chi connectivity index (χ0) is 46.3. The Hall–Kier alpha value is -6.00. The molecule has 0 amide bonds. The van der Waals surface area contributed by atoms with Gasteiger partial charge in [-0.15, -0.1) is 0 Å². The Kier molecular flexibility index (Phi) is 9.37. The van der Waals surface area contributed by atoms with E-state index >= 15 is 0 Å². The number of benzene rings is 7. The van der Waals surface area contributed by atoms with Gasteiger partial charge >= 0.3 is 0 Å². The van der Waals surface area contributed by atoms with Crippen LogP contribution in [0.25, 0.3) is 11.1 Å². The average Bonchev–Trinajstić information content (AvgIpc) is 3.68. The van der Waals surface area contributed by atoms with Crippen molar-refractivity contribution < 1.29 is 0 Å². The summed E-state index contributed by atoms with van der Waals surface area (Å²) in [7, 11) is 0. The summed E-state index contributed by atoms with van der Waals surface area (Å²) in [6, 6.07) is 56.7. The molecule has 2 unspecified atom stereocenters. The molecule has 0 radical (unpaired) electrons. The van der Waals surface area contributed by atoms with Crippen LogP contribution < -0.4 is 31.1 Å². The molecule has 332 valence electrons. The maximum Gasteiger partial charge on any atom is 0.252 e. The van der Waals surface area contributed by atoms with Gasteiger partial charge in [-0.1, -0.05) is 161 Å². The van der Waals surface area contributed by atoms with Crippen LogP contribution in [0.1, 0.15) is 123 Å². The van der Waals surface area contributed by atoms with Gasteiger partial charge in [0.15, 0.2) is 0 Å². The van der Waals surface area contributed by atoms with E-state index < -0.39 is 0 Å². The standard InChI is InChI=1S/C62H66BN3/c1-40-35-55-57-56(36-40)65(51-31-25-43(59(5,6)7)37-47(51)41-19-14-13-15-20-41)53-22-17-16-21-49(53)63(57)50-30-29-46(39-54(50)64(55)45-27-23-42(24-28-45)58(2,3)4)66-52-32-26-44(60(8,9)10)38-48(52)61(11)33-18-34-62(61,66)12/h13-17,19-32,35-39H,18,33-34H2,1-12H3. The first kappa shape index (κ1) is 42.6. The predicted octanol–water partition coefficient (Wildman–Crippen LogP) is 15.0. The molecule has 11 rings (SSSR count). The molecule has 2 atom stereocenters. The zero-order valence-corrected chi connectivity index (χ0v) is 41.4. The molecular formula is C62H66BN3. The number of hydrogen-bond acceptors (Lipinski definition) is 3. The molecule has 4 aliphatic rings. The van der Waals surface area contributed by atoms with Gasteiger partial charge in [-0.3, -0.25) is 0 Å². The molecule has 0 spiro atoms. The van der Waals surface area contributed by atoms with Crippen molar-refractivity contribution in [1.82, 2.24) is 0 Å². The molecule has 1 fully saturated rings. The first-order valence-electron chi connectivity index (χ1n) is 24.5. The quantitative estimate of drug-likeness (QED) is 0.163. The van der Waals surface area contributed by atoms with Gasteiger partial charge in [0.25, 0.3) is 6.71 Å². The van der Waals surface area contributed by atoms with Crippen LogP contribution in [-0.2, 0) is 21.7 Å². The van der Waals surface area contributed by atoms with Crippen LogP contribution in [0.4, 0.5) is 45.5 Å². The third-order valence-corrected chi connectivity index (χ3v) is 16.3. The minimum Gasteiger partial charge on any atom is -0.334 e. The van der Waals surface area contributed by atoms with Crippen molar-refractivity contribution in [3.8, 4) is 11.1 Å². The Bertz CT molecular complexity index is 3070. The highest BCUT2D eigenvalue weighted by Crippen LogP contribution is 2.63. The second-order valence-corrected chi connectivity index (χ2v) is 23.5. The topological polar surface area (TPSA) is 9.72 Å². The number of para-hydroxylation sites is 1. The van der Waals surface area contributed by atoms with Crippen molar-refractivity contribution in [1.29, 1.82) is 0 Å². The molecule has 7 aromatic carbocycles. The summed E-state index contributed by atoms with van der Waals surface area (Å²) >= 11 is 0. The second-order valence-electron chi connectivity index (χ2n) is 23.5. The van der Waals surface area contributed by atoms with Crippen LogP contribution in [0.3, 0.4) is 0 Å². The van der Waals surface area contributed by atoms with Gasteiger partial charge in [0.1, 0.15) is 0 Å². The zero-order valence-electron chi connectivity index (χ0n) is 41.4. The molecule has 3 aliphatic heterocycles. The molecule has 0 aromatic heterocycles. The van der Waals surface area contributed by atoms with Crippen LogP contribution in [0.15, 0.2) is 146 Å². The Morgan fingerprint density at radius 3 is 1.73 bits per heavy atom. The van der Waals surface area contributed by atoms with Crippen LogP contribution in [0.2, 0.25) is 0 Å². The molecule has 4 heteroatoms. The molecule has 0 N–H and O–H groups in total. The number of fused-ring (bicyclic) bond motifs is 7. The lowest BCUT2D eigenvalue weighted by molar-refractivity contribution is 0.330. The average molecular weight is 864 g/mol. The third-order valence-electron chi connectivity index (χ3n) is 16.3. The van der Waals surface area contributed by atoms with Crippen molar-refractivity contribution in [2.24, 2.45) is 0 Å². The molecular weight excluding hydrogens is 798 g/mol. The summed E-state index contributed by atoms with van der Waals surface area (Å²) in [6.45, 7) is 28.4. The van der Waals surface area contributed by atoms with Gasteiger partial charge in [0, 0.05) is 50.8 Å². The van der Waals surface area contributed by atoms with Crippen molar-refractivity contribution >= 4 is 68.6 Å². The lowest BCUT2D eigenvalue weighted by Crippen LogP contribution is -2.61. The maximum atomic E-state index is 2.75. The van der Waals surface area contributed by atoms with Crippen LogP contribution in [0, 0.1) is 6.92 Å². The van der Waals surface area contributed by atoms with Gasteiger partial charge < -0.3 is 14.7 Å². The lowest BCUT2D eigenvalue weighted by atomic mass is 9.33. The van der Waals surface area contributed by atoms with E-state index in [1.54, 1.807) is 0 Å². The minimum absolute atomic E-state index is 0.00138. The molecule has 3 heterocycles. The number of hydrogen-bond donors (Lipinski definition) is 0. The summed E-state index contributed by atoms with van der Waals surface area (Å²) in [4.78, 5) is 7.95. The normalized spacial score (nSPS) is 19.6. The van der Waals surface area contributed by atoms with Gasteiger partial charge in [-0.2, -0.15) is 0 Å². The molecule has 0 saturated heterocycles. The summed E-state index contributed by atoms with van der Waals surface area (Å²) in [5.74, 6) is 0. The molecule has 66 heavy (non-hydrogen) atoms. The summed E-state index contributed by atoms with van der Waals surface area (Å²) < 4.78 is 0. The fourth-order valence-electron chi connectivity index (χ4n) is 12.3. The van der Waals surface area contributed by atoms with E-state index in [1.807, 2.05) is 0 Å². The molecule has 3 nitrogen and oxygen atoms in total. The number of nitrogens with zero attached hydrogens (tertiary/aromatic N) is 3. The van der Waals surface area contributed by atoms with Crippen molar-refractivity contribution in [2.75, 3.05) is 14.7 Å². The van der Waals surface area contributed by atoms with Crippen molar-refractivity contribution in [2.45, 2.75) is 130 Å². The fraction of sp³-hybridized carbons (Fsp3) is 0.323. The van der Waals surface area contributed by atoms with Crippen molar-refractivity contribution in [3.63, 3.8) is 0 Å². The van der Waals surface area contributed by atoms with Crippen LogP contribution >= 0.6 is 0 Å². The van der Waals surface area contributed by atoms with E-state index in [9.17, 15) is 0 Å². The smallest absolute Gasteiger partial charge is 0.252 e. The monoisotopic (exact) mass is 864 g/mol. The number of rotatable bonds is 4. The van der Waals surface area contributed by atoms with E-state index in [1.165, 1.54) is 114 Å².